The van der Waals surface area contributed by atoms with Gasteiger partial charge < -0.3 is 10.2 Å². The molecule has 1 fully saturated rings. The number of nitrogens with one attached hydrogen (secondary N) is 1. The van der Waals surface area contributed by atoms with Crippen molar-refractivity contribution in [2.75, 3.05) is 31.5 Å². The Labute approximate surface area is 174 Å². The zero-order chi connectivity index (χ0) is 20.8. The summed E-state index contributed by atoms with van der Waals surface area (Å²) in [5, 5.41) is 3.09. The number of hydrogen-bond donors (Lipinski definition) is 1. The molecule has 1 aliphatic heterocycles. The normalized spacial score (nSPS) is 14.6. The number of rotatable bonds is 7. The second-order valence-electron chi connectivity index (χ2n) is 7.18. The molecule has 2 heterocycles. The van der Waals surface area contributed by atoms with E-state index in [0.717, 1.165) is 19.6 Å². The summed E-state index contributed by atoms with van der Waals surface area (Å²) in [4.78, 5) is 45.0. The van der Waals surface area contributed by atoms with E-state index in [9.17, 15) is 14.4 Å². The van der Waals surface area contributed by atoms with E-state index >= 15 is 0 Å². The third-order valence-corrected chi connectivity index (χ3v) is 6.08. The fourth-order valence-electron chi connectivity index (χ4n) is 3.33. The highest BCUT2D eigenvalue weighted by Gasteiger charge is 2.22. The van der Waals surface area contributed by atoms with Gasteiger partial charge in [0.05, 0.1) is 10.6 Å². The van der Waals surface area contributed by atoms with E-state index in [1.165, 1.54) is 23.8 Å². The molecule has 1 aromatic carbocycles. The number of carbonyl (C=O) groups excluding carboxylic acids is 3. The minimum Gasteiger partial charge on any atom is -0.340 e. The molecule has 0 spiro atoms. The van der Waals surface area contributed by atoms with Gasteiger partial charge >= 0.3 is 0 Å². The largest absolute Gasteiger partial charge is 0.340 e. The number of piperazine rings is 1. The monoisotopic (exact) mass is 414 g/mol. The SMILES string of the molecule is CC(=O)c1sc(NC(=O)CCC(=O)N2CCN(Cc3ccccc3)CC2)nc1C. The van der Waals surface area contributed by atoms with E-state index in [1.54, 1.807) is 6.92 Å². The van der Waals surface area contributed by atoms with Crippen LogP contribution in [0.2, 0.25) is 0 Å². The first-order chi connectivity index (χ1) is 13.9. The summed E-state index contributed by atoms with van der Waals surface area (Å²) in [6.07, 6.45) is 0.283. The highest BCUT2D eigenvalue weighted by atomic mass is 32.1. The highest BCUT2D eigenvalue weighted by molar-refractivity contribution is 7.17. The molecule has 154 valence electrons. The van der Waals surface area contributed by atoms with Crippen molar-refractivity contribution in [1.29, 1.82) is 0 Å². The minimum atomic E-state index is -0.259. The fourth-order valence-corrected chi connectivity index (χ4v) is 4.21. The van der Waals surface area contributed by atoms with Gasteiger partial charge in [0.15, 0.2) is 10.9 Å². The molecule has 1 aromatic heterocycles. The Hall–Kier alpha value is -2.58. The molecule has 0 atom stereocenters. The average Bonchev–Trinajstić information content (AvgIpc) is 3.08. The summed E-state index contributed by atoms with van der Waals surface area (Å²) in [6, 6.07) is 10.3. The second kappa shape index (κ2) is 9.76. The number of hydrogen-bond acceptors (Lipinski definition) is 6. The lowest BCUT2D eigenvalue weighted by Gasteiger charge is -2.34. The molecule has 3 rings (SSSR count). The second-order valence-corrected chi connectivity index (χ2v) is 8.18. The van der Waals surface area contributed by atoms with Crippen molar-refractivity contribution in [3.8, 4) is 0 Å². The van der Waals surface area contributed by atoms with Gasteiger partial charge in [-0.25, -0.2) is 4.98 Å². The van der Waals surface area contributed by atoms with Gasteiger partial charge in [-0.2, -0.15) is 0 Å². The Kier molecular flexibility index (Phi) is 7.11. The van der Waals surface area contributed by atoms with Crippen LogP contribution in [0.4, 0.5) is 5.13 Å². The third kappa shape index (κ3) is 5.95. The summed E-state index contributed by atoms with van der Waals surface area (Å²) in [7, 11) is 0. The Morgan fingerprint density at radius 2 is 1.76 bits per heavy atom. The lowest BCUT2D eigenvalue weighted by Crippen LogP contribution is -2.48. The highest BCUT2D eigenvalue weighted by Crippen LogP contribution is 2.23. The molecule has 1 saturated heterocycles. The molecule has 1 aliphatic rings. The van der Waals surface area contributed by atoms with Crippen LogP contribution in [0.3, 0.4) is 0 Å². The summed E-state index contributed by atoms with van der Waals surface area (Å²) in [6.45, 7) is 7.13. The van der Waals surface area contributed by atoms with Crippen LogP contribution < -0.4 is 5.32 Å². The van der Waals surface area contributed by atoms with Gasteiger partial charge in [0.25, 0.3) is 0 Å². The molecule has 0 aliphatic carbocycles. The van der Waals surface area contributed by atoms with Gasteiger partial charge in [-0.15, -0.1) is 0 Å². The van der Waals surface area contributed by atoms with E-state index in [1.807, 2.05) is 23.1 Å². The molecule has 29 heavy (non-hydrogen) atoms. The molecule has 8 heteroatoms. The maximum atomic E-state index is 12.4. The van der Waals surface area contributed by atoms with Crippen molar-refractivity contribution in [3.05, 3.63) is 46.5 Å². The van der Waals surface area contributed by atoms with Gasteiger partial charge in [0.2, 0.25) is 11.8 Å². The lowest BCUT2D eigenvalue weighted by molar-refractivity contribution is -0.134. The number of Topliss-reactive ketones (excluding diaryl/α,β-unsaturated/α-hetero) is 1. The minimum absolute atomic E-state index is 0.000689. The van der Waals surface area contributed by atoms with E-state index in [2.05, 4.69) is 27.3 Å². The summed E-state index contributed by atoms with van der Waals surface area (Å²) in [5.74, 6) is -0.328. The smallest absolute Gasteiger partial charge is 0.226 e. The topological polar surface area (TPSA) is 82.6 Å². The Bertz CT molecular complexity index is 873. The first-order valence-electron chi connectivity index (χ1n) is 9.74. The lowest BCUT2D eigenvalue weighted by atomic mass is 10.2. The van der Waals surface area contributed by atoms with Crippen molar-refractivity contribution in [2.24, 2.45) is 0 Å². The molecular formula is C21H26N4O3S. The number of nitrogens with zero attached hydrogens (tertiary/aromatic N) is 3. The molecule has 0 radical (unpaired) electrons. The summed E-state index contributed by atoms with van der Waals surface area (Å²) >= 11 is 1.17. The van der Waals surface area contributed by atoms with Crippen LogP contribution in [0.25, 0.3) is 0 Å². The van der Waals surface area contributed by atoms with Crippen molar-refractivity contribution in [1.82, 2.24) is 14.8 Å². The van der Waals surface area contributed by atoms with Crippen LogP contribution in [0.5, 0.6) is 0 Å². The van der Waals surface area contributed by atoms with Gasteiger partial charge in [0, 0.05) is 52.5 Å². The number of carbonyl (C=O) groups is 3. The average molecular weight is 415 g/mol. The van der Waals surface area contributed by atoms with Crippen LogP contribution in [0.15, 0.2) is 30.3 Å². The van der Waals surface area contributed by atoms with E-state index in [4.69, 9.17) is 0 Å². The third-order valence-electron chi connectivity index (χ3n) is 4.90. The molecular weight excluding hydrogens is 388 g/mol. The number of anilines is 1. The maximum absolute atomic E-state index is 12.4. The Morgan fingerprint density at radius 3 is 2.38 bits per heavy atom. The number of thiazole rings is 1. The summed E-state index contributed by atoms with van der Waals surface area (Å²) in [5.41, 5.74) is 1.89. The Balaban J connectivity index is 1.40. The van der Waals surface area contributed by atoms with Crippen molar-refractivity contribution >= 4 is 34.1 Å². The van der Waals surface area contributed by atoms with Gasteiger partial charge in [0.1, 0.15) is 0 Å². The molecule has 7 nitrogen and oxygen atoms in total. The zero-order valence-corrected chi connectivity index (χ0v) is 17.6. The van der Waals surface area contributed by atoms with Crippen molar-refractivity contribution in [2.45, 2.75) is 33.2 Å². The van der Waals surface area contributed by atoms with E-state index in [-0.39, 0.29) is 30.4 Å². The number of amides is 2. The van der Waals surface area contributed by atoms with Crippen LogP contribution in [0.1, 0.15) is 40.7 Å². The quantitative estimate of drug-likeness (QED) is 0.705. The Morgan fingerprint density at radius 1 is 1.07 bits per heavy atom. The number of aryl methyl sites for hydroxylation is 1. The number of aromatic nitrogens is 1. The fraction of sp³-hybridized carbons (Fsp3) is 0.429. The molecule has 0 saturated carbocycles. The van der Waals surface area contributed by atoms with Crippen molar-refractivity contribution < 1.29 is 14.4 Å². The van der Waals surface area contributed by atoms with E-state index < -0.39 is 0 Å². The summed E-state index contributed by atoms with van der Waals surface area (Å²) < 4.78 is 0. The predicted molar refractivity (Wildman–Crippen MR) is 113 cm³/mol. The predicted octanol–water partition coefficient (Wildman–Crippen LogP) is 2.72. The molecule has 2 aromatic rings. The van der Waals surface area contributed by atoms with Crippen LogP contribution >= 0.6 is 11.3 Å². The van der Waals surface area contributed by atoms with Crippen LogP contribution in [0, 0.1) is 6.92 Å². The number of ketones is 1. The first-order valence-corrected chi connectivity index (χ1v) is 10.6. The van der Waals surface area contributed by atoms with Crippen molar-refractivity contribution in [3.63, 3.8) is 0 Å². The van der Waals surface area contributed by atoms with Gasteiger partial charge in [-0.3, -0.25) is 19.3 Å². The van der Waals surface area contributed by atoms with Gasteiger partial charge in [-0.05, 0) is 12.5 Å². The molecule has 0 bridgehead atoms. The molecule has 2 amide bonds. The molecule has 1 N–H and O–H groups in total. The molecule has 0 unspecified atom stereocenters. The van der Waals surface area contributed by atoms with Crippen LogP contribution in [-0.2, 0) is 16.1 Å². The zero-order valence-electron chi connectivity index (χ0n) is 16.8. The first kappa shape index (κ1) is 21.1. The van der Waals surface area contributed by atoms with E-state index in [0.29, 0.717) is 28.8 Å². The van der Waals surface area contributed by atoms with Crippen LogP contribution in [-0.4, -0.2) is 58.6 Å². The number of benzene rings is 1. The maximum Gasteiger partial charge on any atom is 0.226 e. The standard InChI is InChI=1S/C21H26N4O3S/c1-15-20(16(2)26)29-21(22-15)23-18(27)8-9-19(28)25-12-10-24(11-13-25)14-17-6-4-3-5-7-17/h3-7H,8-14H2,1-2H3,(H,22,23,27). The van der Waals surface area contributed by atoms with Gasteiger partial charge in [-0.1, -0.05) is 41.7 Å².